The van der Waals surface area contributed by atoms with Gasteiger partial charge in [-0.25, -0.2) is 5.43 Å². The molecule has 7 nitrogen and oxygen atoms in total. The van der Waals surface area contributed by atoms with Gasteiger partial charge < -0.3 is 15.5 Å². The Morgan fingerprint density at radius 1 is 1.09 bits per heavy atom. The zero-order chi connectivity index (χ0) is 16.8. The van der Waals surface area contributed by atoms with Crippen LogP contribution in [0.15, 0.2) is 47.6 Å². The van der Waals surface area contributed by atoms with Crippen molar-refractivity contribution >= 4 is 23.7 Å². The van der Waals surface area contributed by atoms with Gasteiger partial charge in [-0.3, -0.25) is 9.59 Å². The van der Waals surface area contributed by atoms with Gasteiger partial charge in [0.25, 0.3) is 0 Å². The Balaban J connectivity index is 1.95. The van der Waals surface area contributed by atoms with Crippen LogP contribution in [0.25, 0.3) is 0 Å². The molecular weight excluding hydrogens is 298 g/mol. The molecule has 0 bridgehead atoms. The second-order valence-electron chi connectivity index (χ2n) is 4.71. The number of carbonyl (C=O) groups excluding carboxylic acids is 2. The molecule has 0 aliphatic carbocycles. The Bertz CT molecular complexity index is 772. The number of para-hydroxylation sites is 1. The van der Waals surface area contributed by atoms with Crippen molar-refractivity contribution in [3.8, 4) is 11.5 Å². The summed E-state index contributed by atoms with van der Waals surface area (Å²) in [6.45, 7) is 1.80. The fourth-order valence-electron chi connectivity index (χ4n) is 1.74. The van der Waals surface area contributed by atoms with Gasteiger partial charge in [-0.2, -0.15) is 5.10 Å². The minimum absolute atomic E-state index is 0.0960. The molecule has 0 unspecified atom stereocenters. The van der Waals surface area contributed by atoms with Crippen LogP contribution in [0.5, 0.6) is 11.5 Å². The molecule has 0 radical (unpaired) electrons. The predicted molar refractivity (Wildman–Crippen MR) is 85.3 cm³/mol. The van der Waals surface area contributed by atoms with E-state index in [9.17, 15) is 14.7 Å². The van der Waals surface area contributed by atoms with E-state index in [0.29, 0.717) is 5.69 Å². The number of hydrogen-bond donors (Lipinski definition) is 4. The van der Waals surface area contributed by atoms with E-state index in [4.69, 9.17) is 5.11 Å². The number of benzene rings is 2. The smallest absolute Gasteiger partial charge is 0.329 e. The molecule has 0 saturated carbocycles. The summed E-state index contributed by atoms with van der Waals surface area (Å²) >= 11 is 0. The summed E-state index contributed by atoms with van der Waals surface area (Å²) in [5, 5.41) is 24.8. The first-order chi connectivity index (χ1) is 11.0. The van der Waals surface area contributed by atoms with Gasteiger partial charge in [0.1, 0.15) is 11.5 Å². The van der Waals surface area contributed by atoms with Gasteiger partial charge in [-0.15, -0.1) is 0 Å². The quantitative estimate of drug-likeness (QED) is 0.391. The molecule has 0 heterocycles. The van der Waals surface area contributed by atoms with E-state index in [1.165, 1.54) is 12.1 Å². The van der Waals surface area contributed by atoms with E-state index in [-0.39, 0.29) is 17.1 Å². The number of anilines is 1. The highest BCUT2D eigenvalue weighted by molar-refractivity contribution is 6.39. The lowest BCUT2D eigenvalue weighted by Gasteiger charge is -2.06. The van der Waals surface area contributed by atoms with Gasteiger partial charge in [-0.05, 0) is 30.7 Å². The normalized spacial score (nSPS) is 10.5. The number of aromatic hydroxyl groups is 2. The largest absolute Gasteiger partial charge is 0.508 e. The fraction of sp³-hybridized carbons (Fsp3) is 0.0625. The van der Waals surface area contributed by atoms with Gasteiger partial charge in [0.2, 0.25) is 0 Å². The lowest BCUT2D eigenvalue weighted by Crippen LogP contribution is -2.32. The summed E-state index contributed by atoms with van der Waals surface area (Å²) in [6.07, 6.45) is 1.16. The number of phenols is 2. The number of phenolic OH excluding ortho intramolecular Hbond substituents is 2. The van der Waals surface area contributed by atoms with Crippen molar-refractivity contribution in [3.05, 3.63) is 53.6 Å². The van der Waals surface area contributed by atoms with E-state index >= 15 is 0 Å². The molecule has 0 aromatic heterocycles. The van der Waals surface area contributed by atoms with E-state index in [1.807, 2.05) is 6.07 Å². The maximum absolute atomic E-state index is 11.7. The molecule has 0 aliphatic rings. The lowest BCUT2D eigenvalue weighted by molar-refractivity contribution is -0.136. The third kappa shape index (κ3) is 4.31. The average Bonchev–Trinajstić information content (AvgIpc) is 2.51. The maximum Gasteiger partial charge on any atom is 0.329 e. The Hall–Kier alpha value is -3.35. The summed E-state index contributed by atoms with van der Waals surface area (Å²) in [5.41, 5.74) is 3.70. The summed E-state index contributed by atoms with van der Waals surface area (Å²) < 4.78 is 0. The van der Waals surface area contributed by atoms with E-state index in [1.54, 1.807) is 25.1 Å². The molecule has 118 valence electrons. The van der Waals surface area contributed by atoms with Gasteiger partial charge in [0, 0.05) is 17.3 Å². The van der Waals surface area contributed by atoms with Crippen molar-refractivity contribution in [1.29, 1.82) is 0 Å². The summed E-state index contributed by atoms with van der Waals surface area (Å²) in [5.74, 6) is -2.09. The standard InChI is InChI=1S/C16H15N3O4/c1-10-4-2-3-5-13(10)18-15(22)16(23)19-17-9-11-6-7-12(20)8-14(11)21/h2-9,20-21H,1H3,(H,18,22)(H,19,23)/b17-9-. The molecule has 7 heteroatoms. The monoisotopic (exact) mass is 313 g/mol. The number of amides is 2. The Morgan fingerprint density at radius 3 is 2.52 bits per heavy atom. The molecule has 0 saturated heterocycles. The Labute approximate surface area is 132 Å². The number of nitrogens with zero attached hydrogens (tertiary/aromatic N) is 1. The van der Waals surface area contributed by atoms with Gasteiger partial charge in [0.05, 0.1) is 6.21 Å². The molecule has 0 atom stereocenters. The molecule has 0 fully saturated rings. The first kappa shape index (κ1) is 16.0. The van der Waals surface area contributed by atoms with Crippen molar-refractivity contribution < 1.29 is 19.8 Å². The Kier molecular flexibility index (Phi) is 4.93. The number of rotatable bonds is 3. The minimum Gasteiger partial charge on any atom is -0.508 e. The van der Waals surface area contributed by atoms with Gasteiger partial charge in [-0.1, -0.05) is 18.2 Å². The van der Waals surface area contributed by atoms with Crippen LogP contribution in [0.2, 0.25) is 0 Å². The number of carbonyl (C=O) groups is 2. The van der Waals surface area contributed by atoms with Crippen LogP contribution in [0.4, 0.5) is 5.69 Å². The molecule has 2 aromatic rings. The summed E-state index contributed by atoms with van der Waals surface area (Å²) in [4.78, 5) is 23.4. The molecule has 2 amide bonds. The molecule has 0 spiro atoms. The molecule has 2 rings (SSSR count). The summed E-state index contributed by atoms with van der Waals surface area (Å²) in [6, 6.07) is 10.9. The van der Waals surface area contributed by atoms with E-state index < -0.39 is 11.8 Å². The SMILES string of the molecule is Cc1ccccc1NC(=O)C(=O)N/N=C\c1ccc(O)cc1O. The first-order valence-electron chi connectivity index (χ1n) is 6.69. The fourth-order valence-corrected chi connectivity index (χ4v) is 1.74. The first-order valence-corrected chi connectivity index (χ1v) is 6.69. The third-order valence-electron chi connectivity index (χ3n) is 2.98. The Morgan fingerprint density at radius 2 is 1.83 bits per heavy atom. The van der Waals surface area contributed by atoms with Crippen LogP contribution in [0, 0.1) is 6.92 Å². The molecule has 2 aromatic carbocycles. The van der Waals surface area contributed by atoms with Crippen LogP contribution in [0.1, 0.15) is 11.1 Å². The number of hydrogen-bond acceptors (Lipinski definition) is 5. The number of aryl methyl sites for hydroxylation is 1. The zero-order valence-electron chi connectivity index (χ0n) is 12.3. The topological polar surface area (TPSA) is 111 Å². The molecule has 23 heavy (non-hydrogen) atoms. The molecular formula is C16H15N3O4. The van der Waals surface area contributed by atoms with Gasteiger partial charge >= 0.3 is 11.8 Å². The van der Waals surface area contributed by atoms with Crippen molar-refractivity contribution in [2.75, 3.05) is 5.32 Å². The average molecular weight is 313 g/mol. The van der Waals surface area contributed by atoms with Crippen molar-refractivity contribution in [3.63, 3.8) is 0 Å². The number of nitrogens with one attached hydrogen (secondary N) is 2. The van der Waals surface area contributed by atoms with Crippen LogP contribution in [0.3, 0.4) is 0 Å². The van der Waals surface area contributed by atoms with Crippen LogP contribution < -0.4 is 10.7 Å². The predicted octanol–water partition coefficient (Wildman–Crippen LogP) is 1.50. The maximum atomic E-state index is 11.7. The van der Waals surface area contributed by atoms with Crippen molar-refractivity contribution in [2.24, 2.45) is 5.10 Å². The van der Waals surface area contributed by atoms with Crippen LogP contribution in [-0.4, -0.2) is 28.2 Å². The molecule has 0 aliphatic heterocycles. The summed E-state index contributed by atoms with van der Waals surface area (Å²) in [7, 11) is 0. The zero-order valence-corrected chi connectivity index (χ0v) is 12.3. The lowest BCUT2D eigenvalue weighted by atomic mass is 10.2. The van der Waals surface area contributed by atoms with E-state index in [2.05, 4.69) is 15.8 Å². The minimum atomic E-state index is -0.942. The van der Waals surface area contributed by atoms with Gasteiger partial charge in [0.15, 0.2) is 0 Å². The highest BCUT2D eigenvalue weighted by Gasteiger charge is 2.13. The second kappa shape index (κ2) is 7.08. The van der Waals surface area contributed by atoms with Crippen molar-refractivity contribution in [2.45, 2.75) is 6.92 Å². The molecule has 4 N–H and O–H groups in total. The van der Waals surface area contributed by atoms with Crippen LogP contribution >= 0.6 is 0 Å². The van der Waals surface area contributed by atoms with Crippen molar-refractivity contribution in [1.82, 2.24) is 5.43 Å². The third-order valence-corrected chi connectivity index (χ3v) is 2.98. The van der Waals surface area contributed by atoms with E-state index in [0.717, 1.165) is 17.8 Å². The second-order valence-corrected chi connectivity index (χ2v) is 4.71. The highest BCUT2D eigenvalue weighted by Crippen LogP contribution is 2.20. The highest BCUT2D eigenvalue weighted by atomic mass is 16.3. The van der Waals surface area contributed by atoms with Crippen LogP contribution in [-0.2, 0) is 9.59 Å². The number of hydrazone groups is 1.